The van der Waals surface area contributed by atoms with E-state index < -0.39 is 0 Å². The fraction of sp³-hybridized carbons (Fsp3) is 1.00. The molecule has 1 saturated carbocycles. The lowest BCUT2D eigenvalue weighted by Crippen LogP contribution is -2.19. The normalized spacial score (nSPS) is 30.5. The van der Waals surface area contributed by atoms with E-state index in [0.717, 1.165) is 13.2 Å². The van der Waals surface area contributed by atoms with Crippen LogP contribution >= 0.6 is 0 Å². The molecule has 2 rings (SSSR count). The van der Waals surface area contributed by atoms with Crippen LogP contribution in [0.1, 0.15) is 44.9 Å². The highest BCUT2D eigenvalue weighted by molar-refractivity contribution is 4.84. The molecule has 1 heteroatoms. The second-order valence-electron chi connectivity index (χ2n) is 4.22. The third kappa shape index (κ3) is 1.58. The molecule has 1 spiro atoms. The lowest BCUT2D eigenvalue weighted by Gasteiger charge is -2.24. The Balaban J connectivity index is 1.97. The molecule has 0 aromatic carbocycles. The van der Waals surface area contributed by atoms with Gasteiger partial charge in [-0.1, -0.05) is 25.7 Å². The van der Waals surface area contributed by atoms with E-state index in [9.17, 15) is 0 Å². The van der Waals surface area contributed by atoms with Crippen LogP contribution in [0.5, 0.6) is 0 Å². The number of hydrogen-bond acceptors (Lipinski definition) is 1. The first-order chi connectivity index (χ1) is 5.41. The molecular formula is C10H18O. The highest BCUT2D eigenvalue weighted by Gasteiger charge is 2.34. The standard InChI is InChI=1S/C10H18O/c1-2-4-6-10(5-3-1)7-8-11-9-10/h1-9H2. The quantitative estimate of drug-likeness (QED) is 0.521. The van der Waals surface area contributed by atoms with Crippen molar-refractivity contribution in [3.8, 4) is 0 Å². The second kappa shape index (κ2) is 3.14. The maximum Gasteiger partial charge on any atom is 0.0523 e. The fourth-order valence-electron chi connectivity index (χ4n) is 2.52. The largest absolute Gasteiger partial charge is 0.381 e. The van der Waals surface area contributed by atoms with Gasteiger partial charge in [-0.15, -0.1) is 0 Å². The van der Waals surface area contributed by atoms with Crippen molar-refractivity contribution in [1.82, 2.24) is 0 Å². The average molecular weight is 154 g/mol. The summed E-state index contributed by atoms with van der Waals surface area (Å²) in [6.45, 7) is 2.09. The summed E-state index contributed by atoms with van der Waals surface area (Å²) in [5, 5.41) is 0. The van der Waals surface area contributed by atoms with Gasteiger partial charge in [0.15, 0.2) is 0 Å². The predicted octanol–water partition coefficient (Wildman–Crippen LogP) is 2.75. The third-order valence-corrected chi connectivity index (χ3v) is 3.35. The van der Waals surface area contributed by atoms with Crippen LogP contribution in [0, 0.1) is 5.41 Å². The first-order valence-corrected chi connectivity index (χ1v) is 4.99. The van der Waals surface area contributed by atoms with E-state index in [1.807, 2.05) is 0 Å². The Morgan fingerprint density at radius 2 is 1.55 bits per heavy atom. The summed E-state index contributed by atoms with van der Waals surface area (Å²) >= 11 is 0. The minimum Gasteiger partial charge on any atom is -0.381 e. The first kappa shape index (κ1) is 7.60. The summed E-state index contributed by atoms with van der Waals surface area (Å²) in [7, 11) is 0. The SMILES string of the molecule is C1CCCC2(CC1)CCOC2. The van der Waals surface area contributed by atoms with Crippen molar-refractivity contribution in [1.29, 1.82) is 0 Å². The Morgan fingerprint density at radius 1 is 0.818 bits per heavy atom. The van der Waals surface area contributed by atoms with Gasteiger partial charge >= 0.3 is 0 Å². The number of rotatable bonds is 0. The molecule has 0 aromatic heterocycles. The van der Waals surface area contributed by atoms with E-state index >= 15 is 0 Å². The first-order valence-electron chi connectivity index (χ1n) is 4.99. The van der Waals surface area contributed by atoms with Crippen molar-refractivity contribution in [2.75, 3.05) is 13.2 Å². The van der Waals surface area contributed by atoms with Crippen molar-refractivity contribution in [2.45, 2.75) is 44.9 Å². The molecule has 1 saturated heterocycles. The van der Waals surface area contributed by atoms with Gasteiger partial charge in [0.2, 0.25) is 0 Å². The molecule has 1 heterocycles. The van der Waals surface area contributed by atoms with Gasteiger partial charge in [-0.2, -0.15) is 0 Å². The molecular weight excluding hydrogens is 136 g/mol. The Kier molecular flexibility index (Phi) is 2.17. The molecule has 0 unspecified atom stereocenters. The highest BCUT2D eigenvalue weighted by atomic mass is 16.5. The van der Waals surface area contributed by atoms with Gasteiger partial charge in [-0.25, -0.2) is 0 Å². The van der Waals surface area contributed by atoms with E-state index in [2.05, 4.69) is 0 Å². The molecule has 0 atom stereocenters. The zero-order chi connectivity index (χ0) is 7.57. The summed E-state index contributed by atoms with van der Waals surface area (Å²) < 4.78 is 5.49. The average Bonchev–Trinajstić information content (AvgIpc) is 2.32. The Morgan fingerprint density at radius 3 is 2.09 bits per heavy atom. The van der Waals surface area contributed by atoms with E-state index in [0.29, 0.717) is 5.41 Å². The number of hydrogen-bond donors (Lipinski definition) is 0. The molecule has 2 fully saturated rings. The highest BCUT2D eigenvalue weighted by Crippen LogP contribution is 2.41. The lowest BCUT2D eigenvalue weighted by atomic mass is 9.80. The zero-order valence-electron chi connectivity index (χ0n) is 7.27. The molecule has 0 N–H and O–H groups in total. The van der Waals surface area contributed by atoms with Gasteiger partial charge in [0.25, 0.3) is 0 Å². The van der Waals surface area contributed by atoms with Crippen LogP contribution < -0.4 is 0 Å². The van der Waals surface area contributed by atoms with Crippen molar-refractivity contribution in [3.63, 3.8) is 0 Å². The van der Waals surface area contributed by atoms with Gasteiger partial charge in [-0.3, -0.25) is 0 Å². The van der Waals surface area contributed by atoms with Crippen LogP contribution in [-0.2, 0) is 4.74 Å². The van der Waals surface area contributed by atoms with Gasteiger partial charge in [0.05, 0.1) is 6.61 Å². The third-order valence-electron chi connectivity index (χ3n) is 3.35. The summed E-state index contributed by atoms with van der Waals surface area (Å²) in [6, 6.07) is 0. The van der Waals surface area contributed by atoms with Crippen molar-refractivity contribution in [2.24, 2.45) is 5.41 Å². The Bertz CT molecular complexity index is 115. The Hall–Kier alpha value is -0.0400. The van der Waals surface area contributed by atoms with Crippen LogP contribution in [0.2, 0.25) is 0 Å². The summed E-state index contributed by atoms with van der Waals surface area (Å²) in [6.07, 6.45) is 10.0. The molecule has 1 aliphatic heterocycles. The fourth-order valence-corrected chi connectivity index (χ4v) is 2.52. The van der Waals surface area contributed by atoms with E-state index in [4.69, 9.17) is 4.74 Å². The second-order valence-corrected chi connectivity index (χ2v) is 4.22. The van der Waals surface area contributed by atoms with Gasteiger partial charge in [0.1, 0.15) is 0 Å². The van der Waals surface area contributed by atoms with Crippen LogP contribution in [0.3, 0.4) is 0 Å². The van der Waals surface area contributed by atoms with E-state index in [1.165, 1.54) is 44.9 Å². The maximum atomic E-state index is 5.49. The molecule has 64 valence electrons. The van der Waals surface area contributed by atoms with Crippen LogP contribution in [0.15, 0.2) is 0 Å². The van der Waals surface area contributed by atoms with Gasteiger partial charge < -0.3 is 4.74 Å². The summed E-state index contributed by atoms with van der Waals surface area (Å²) in [5.41, 5.74) is 0.635. The van der Waals surface area contributed by atoms with Crippen molar-refractivity contribution >= 4 is 0 Å². The van der Waals surface area contributed by atoms with Crippen LogP contribution in [-0.4, -0.2) is 13.2 Å². The smallest absolute Gasteiger partial charge is 0.0523 e. The zero-order valence-corrected chi connectivity index (χ0v) is 7.27. The van der Waals surface area contributed by atoms with Crippen LogP contribution in [0.4, 0.5) is 0 Å². The molecule has 0 amide bonds. The molecule has 0 bridgehead atoms. The molecule has 11 heavy (non-hydrogen) atoms. The molecule has 0 aromatic rings. The minimum atomic E-state index is 0.635. The van der Waals surface area contributed by atoms with Crippen LogP contribution in [0.25, 0.3) is 0 Å². The molecule has 2 aliphatic rings. The number of ether oxygens (including phenoxy) is 1. The molecule has 0 radical (unpaired) electrons. The lowest BCUT2D eigenvalue weighted by molar-refractivity contribution is 0.141. The van der Waals surface area contributed by atoms with E-state index in [-0.39, 0.29) is 0 Å². The maximum absolute atomic E-state index is 5.49. The van der Waals surface area contributed by atoms with E-state index in [1.54, 1.807) is 0 Å². The molecule has 1 nitrogen and oxygen atoms in total. The van der Waals surface area contributed by atoms with Gasteiger partial charge in [-0.05, 0) is 24.7 Å². The Labute approximate surface area is 69.1 Å². The summed E-state index contributed by atoms with van der Waals surface area (Å²) in [5.74, 6) is 0. The van der Waals surface area contributed by atoms with Crippen molar-refractivity contribution in [3.05, 3.63) is 0 Å². The van der Waals surface area contributed by atoms with Gasteiger partial charge in [0, 0.05) is 6.61 Å². The topological polar surface area (TPSA) is 9.23 Å². The van der Waals surface area contributed by atoms with Crippen molar-refractivity contribution < 1.29 is 4.74 Å². The predicted molar refractivity (Wildman–Crippen MR) is 45.6 cm³/mol. The summed E-state index contributed by atoms with van der Waals surface area (Å²) in [4.78, 5) is 0. The monoisotopic (exact) mass is 154 g/mol. The molecule has 1 aliphatic carbocycles. The minimum absolute atomic E-state index is 0.635.